The van der Waals surface area contributed by atoms with Crippen LogP contribution in [0.3, 0.4) is 0 Å². The minimum atomic E-state index is 0.554. The van der Waals surface area contributed by atoms with Crippen molar-refractivity contribution in [2.45, 2.75) is 12.8 Å². The summed E-state index contributed by atoms with van der Waals surface area (Å²) >= 11 is 0. The largest absolute Gasteiger partial charge is 0.317 e. The molecule has 0 bridgehead atoms. The molecule has 2 rings (SSSR count). The van der Waals surface area contributed by atoms with Crippen LogP contribution in [0.25, 0.3) is 0 Å². The van der Waals surface area contributed by atoms with Crippen LogP contribution in [-0.2, 0) is 0 Å². The summed E-state index contributed by atoms with van der Waals surface area (Å²) in [6, 6.07) is 5.84. The SMILES string of the molecule is C(#CC1CCNCC1)c1ccccn1. The van der Waals surface area contributed by atoms with E-state index in [-0.39, 0.29) is 0 Å². The summed E-state index contributed by atoms with van der Waals surface area (Å²) in [5, 5.41) is 3.33. The van der Waals surface area contributed by atoms with Gasteiger partial charge in [-0.25, -0.2) is 4.98 Å². The average molecular weight is 186 g/mol. The van der Waals surface area contributed by atoms with E-state index in [1.807, 2.05) is 18.2 Å². The summed E-state index contributed by atoms with van der Waals surface area (Å²) in [4.78, 5) is 4.17. The fourth-order valence-corrected chi connectivity index (χ4v) is 1.58. The van der Waals surface area contributed by atoms with Crippen LogP contribution in [0.2, 0.25) is 0 Å². The maximum Gasteiger partial charge on any atom is 0.113 e. The first-order valence-corrected chi connectivity index (χ1v) is 5.08. The van der Waals surface area contributed by atoms with Gasteiger partial charge in [-0.15, -0.1) is 0 Å². The van der Waals surface area contributed by atoms with Gasteiger partial charge >= 0.3 is 0 Å². The first-order chi connectivity index (χ1) is 6.95. The van der Waals surface area contributed by atoms with Crippen molar-refractivity contribution in [3.05, 3.63) is 30.1 Å². The van der Waals surface area contributed by atoms with Crippen molar-refractivity contribution in [2.75, 3.05) is 13.1 Å². The second-order valence-corrected chi connectivity index (χ2v) is 3.51. The molecular weight excluding hydrogens is 172 g/mol. The molecule has 1 aromatic heterocycles. The van der Waals surface area contributed by atoms with E-state index in [1.54, 1.807) is 6.20 Å². The lowest BCUT2D eigenvalue weighted by molar-refractivity contribution is 0.447. The summed E-state index contributed by atoms with van der Waals surface area (Å²) in [6.45, 7) is 2.20. The normalized spacial score (nSPS) is 17.1. The highest BCUT2D eigenvalue weighted by Crippen LogP contribution is 2.09. The average Bonchev–Trinajstić information content (AvgIpc) is 2.29. The van der Waals surface area contributed by atoms with Gasteiger partial charge in [0.2, 0.25) is 0 Å². The molecule has 72 valence electrons. The molecule has 1 aliphatic rings. The lowest BCUT2D eigenvalue weighted by Gasteiger charge is -2.17. The zero-order valence-electron chi connectivity index (χ0n) is 8.16. The number of piperidine rings is 1. The number of pyridine rings is 1. The van der Waals surface area contributed by atoms with E-state index in [0.717, 1.165) is 18.8 Å². The van der Waals surface area contributed by atoms with E-state index >= 15 is 0 Å². The van der Waals surface area contributed by atoms with Gasteiger partial charge < -0.3 is 5.32 Å². The Bertz CT molecular complexity index is 328. The third-order valence-electron chi connectivity index (χ3n) is 2.41. The summed E-state index contributed by atoms with van der Waals surface area (Å²) in [6.07, 6.45) is 4.12. The number of nitrogens with one attached hydrogen (secondary N) is 1. The highest BCUT2D eigenvalue weighted by atomic mass is 14.9. The van der Waals surface area contributed by atoms with E-state index in [9.17, 15) is 0 Å². The number of nitrogens with zero attached hydrogens (tertiary/aromatic N) is 1. The van der Waals surface area contributed by atoms with Crippen LogP contribution in [-0.4, -0.2) is 18.1 Å². The first kappa shape index (κ1) is 9.23. The van der Waals surface area contributed by atoms with Crippen molar-refractivity contribution < 1.29 is 0 Å². The Morgan fingerprint density at radius 1 is 1.29 bits per heavy atom. The molecule has 0 atom stereocenters. The summed E-state index contributed by atoms with van der Waals surface area (Å²) in [7, 11) is 0. The van der Waals surface area contributed by atoms with E-state index in [2.05, 4.69) is 22.1 Å². The Balaban J connectivity index is 1.99. The molecule has 0 unspecified atom stereocenters. The van der Waals surface area contributed by atoms with Gasteiger partial charge in [0, 0.05) is 12.1 Å². The van der Waals surface area contributed by atoms with Gasteiger partial charge in [-0.1, -0.05) is 12.0 Å². The Morgan fingerprint density at radius 3 is 2.86 bits per heavy atom. The van der Waals surface area contributed by atoms with Gasteiger partial charge in [-0.3, -0.25) is 0 Å². The summed E-state index contributed by atoms with van der Waals surface area (Å²) < 4.78 is 0. The van der Waals surface area contributed by atoms with E-state index in [4.69, 9.17) is 0 Å². The Kier molecular flexibility index (Phi) is 3.15. The summed E-state index contributed by atoms with van der Waals surface area (Å²) in [5.74, 6) is 6.96. The molecule has 2 heterocycles. The minimum absolute atomic E-state index is 0.554. The molecule has 0 radical (unpaired) electrons. The first-order valence-electron chi connectivity index (χ1n) is 5.08. The second-order valence-electron chi connectivity index (χ2n) is 3.51. The zero-order valence-corrected chi connectivity index (χ0v) is 8.16. The Hall–Kier alpha value is -1.33. The van der Waals surface area contributed by atoms with Crippen molar-refractivity contribution in [3.63, 3.8) is 0 Å². The van der Waals surface area contributed by atoms with Gasteiger partial charge in [0.15, 0.2) is 0 Å². The molecule has 1 N–H and O–H groups in total. The zero-order chi connectivity index (χ0) is 9.64. The van der Waals surface area contributed by atoms with Crippen LogP contribution in [0.4, 0.5) is 0 Å². The third-order valence-corrected chi connectivity index (χ3v) is 2.41. The third kappa shape index (κ3) is 2.58. The molecular formula is C12H14N2. The predicted octanol–water partition coefficient (Wildman–Crippen LogP) is 1.43. The molecule has 2 heteroatoms. The molecule has 0 amide bonds. The van der Waals surface area contributed by atoms with Crippen molar-refractivity contribution in [2.24, 2.45) is 5.92 Å². The second kappa shape index (κ2) is 4.78. The maximum atomic E-state index is 4.17. The molecule has 2 nitrogen and oxygen atoms in total. The monoisotopic (exact) mass is 186 g/mol. The topological polar surface area (TPSA) is 24.9 Å². The van der Waals surface area contributed by atoms with Gasteiger partial charge in [0.25, 0.3) is 0 Å². The predicted molar refractivity (Wildman–Crippen MR) is 56.7 cm³/mol. The number of aromatic nitrogens is 1. The molecule has 0 aliphatic carbocycles. The molecule has 1 aromatic rings. The smallest absolute Gasteiger partial charge is 0.113 e. The molecule has 1 fully saturated rings. The Morgan fingerprint density at radius 2 is 2.14 bits per heavy atom. The van der Waals surface area contributed by atoms with Crippen LogP contribution in [0.15, 0.2) is 24.4 Å². The quantitative estimate of drug-likeness (QED) is 0.620. The van der Waals surface area contributed by atoms with Crippen LogP contribution in [0.1, 0.15) is 18.5 Å². The van der Waals surface area contributed by atoms with Gasteiger partial charge in [0.1, 0.15) is 5.69 Å². The molecule has 0 aromatic carbocycles. The van der Waals surface area contributed by atoms with Gasteiger partial charge in [0.05, 0.1) is 0 Å². The standard InChI is InChI=1S/C12H14N2/c1-2-8-14-12(3-1)5-4-11-6-9-13-10-7-11/h1-3,8,11,13H,6-7,9-10H2. The summed E-state index contributed by atoms with van der Waals surface area (Å²) in [5.41, 5.74) is 0.881. The molecule has 1 aliphatic heterocycles. The number of hydrogen-bond donors (Lipinski definition) is 1. The molecule has 1 saturated heterocycles. The van der Waals surface area contributed by atoms with Crippen LogP contribution >= 0.6 is 0 Å². The van der Waals surface area contributed by atoms with Crippen molar-refractivity contribution in [1.82, 2.24) is 10.3 Å². The molecule has 0 spiro atoms. The number of hydrogen-bond acceptors (Lipinski definition) is 2. The molecule has 0 saturated carbocycles. The van der Waals surface area contributed by atoms with Crippen molar-refractivity contribution in [1.29, 1.82) is 0 Å². The van der Waals surface area contributed by atoms with Crippen LogP contribution in [0, 0.1) is 17.8 Å². The van der Waals surface area contributed by atoms with E-state index in [0.29, 0.717) is 5.92 Å². The maximum absolute atomic E-state index is 4.17. The van der Waals surface area contributed by atoms with Crippen molar-refractivity contribution in [3.8, 4) is 11.8 Å². The number of rotatable bonds is 0. The molecule has 14 heavy (non-hydrogen) atoms. The van der Waals surface area contributed by atoms with E-state index in [1.165, 1.54) is 12.8 Å². The van der Waals surface area contributed by atoms with Crippen LogP contribution < -0.4 is 5.32 Å². The fraction of sp³-hybridized carbons (Fsp3) is 0.417. The lowest BCUT2D eigenvalue weighted by atomic mass is 9.99. The van der Waals surface area contributed by atoms with Crippen LogP contribution in [0.5, 0.6) is 0 Å². The van der Waals surface area contributed by atoms with Gasteiger partial charge in [-0.2, -0.15) is 0 Å². The fourth-order valence-electron chi connectivity index (χ4n) is 1.58. The Labute approximate surface area is 84.7 Å². The van der Waals surface area contributed by atoms with E-state index < -0.39 is 0 Å². The highest BCUT2D eigenvalue weighted by molar-refractivity contribution is 5.27. The lowest BCUT2D eigenvalue weighted by Crippen LogP contribution is -2.26. The minimum Gasteiger partial charge on any atom is -0.317 e. The highest BCUT2D eigenvalue weighted by Gasteiger charge is 2.08. The van der Waals surface area contributed by atoms with Crippen molar-refractivity contribution >= 4 is 0 Å². The van der Waals surface area contributed by atoms with Gasteiger partial charge in [-0.05, 0) is 44.0 Å².